The Hall–Kier alpha value is -2.30. The minimum atomic E-state index is -0.0925. The van der Waals surface area contributed by atoms with Crippen molar-refractivity contribution >= 4 is 17.2 Å². The number of hydrogen-bond acceptors (Lipinski definition) is 4. The molecule has 1 aromatic heterocycles. The summed E-state index contributed by atoms with van der Waals surface area (Å²) in [5.74, 6) is 0.370. The van der Waals surface area contributed by atoms with E-state index in [-0.39, 0.29) is 5.56 Å². The molecule has 3 rings (SSSR count). The maximum atomic E-state index is 12.1. The molecule has 1 aromatic carbocycles. The number of anilines is 3. The van der Waals surface area contributed by atoms with E-state index in [1.807, 2.05) is 19.1 Å². The Kier molecular flexibility index (Phi) is 4.42. The maximum absolute atomic E-state index is 12.1. The fourth-order valence-electron chi connectivity index (χ4n) is 2.83. The second kappa shape index (κ2) is 6.64. The van der Waals surface area contributed by atoms with Crippen molar-refractivity contribution in [2.75, 3.05) is 23.3 Å². The largest absolute Gasteiger partial charge is 0.372 e. The molecular weight excluding hydrogens is 276 g/mol. The molecule has 0 amide bonds. The Labute approximate surface area is 130 Å². The highest BCUT2D eigenvalue weighted by molar-refractivity contribution is 5.60. The molecule has 116 valence electrons. The molecule has 1 aliphatic heterocycles. The van der Waals surface area contributed by atoms with Crippen molar-refractivity contribution in [2.24, 2.45) is 0 Å². The molecule has 1 fully saturated rings. The van der Waals surface area contributed by atoms with Gasteiger partial charge in [-0.15, -0.1) is 0 Å². The highest BCUT2D eigenvalue weighted by atomic mass is 16.1. The second-order valence-corrected chi connectivity index (χ2v) is 5.59. The molecule has 1 aliphatic rings. The Morgan fingerprint density at radius 1 is 1.14 bits per heavy atom. The summed E-state index contributed by atoms with van der Waals surface area (Å²) >= 11 is 0. The number of rotatable bonds is 4. The summed E-state index contributed by atoms with van der Waals surface area (Å²) in [6.07, 6.45) is 7.22. The summed E-state index contributed by atoms with van der Waals surface area (Å²) in [5, 5.41) is 3.11. The van der Waals surface area contributed by atoms with Gasteiger partial charge in [0, 0.05) is 43.4 Å². The average Bonchev–Trinajstić information content (AvgIpc) is 2.58. The lowest BCUT2D eigenvalue weighted by molar-refractivity contribution is 0.578. The summed E-state index contributed by atoms with van der Waals surface area (Å²) in [6.45, 7) is 4.85. The topological polar surface area (TPSA) is 50.2 Å². The molecule has 5 heteroatoms. The van der Waals surface area contributed by atoms with Gasteiger partial charge in [0.15, 0.2) is 5.82 Å². The van der Waals surface area contributed by atoms with Crippen LogP contribution in [-0.2, 0) is 6.54 Å². The van der Waals surface area contributed by atoms with E-state index in [0.29, 0.717) is 12.4 Å². The molecule has 22 heavy (non-hydrogen) atoms. The lowest BCUT2D eigenvalue weighted by atomic mass is 10.1. The highest BCUT2D eigenvalue weighted by Crippen LogP contribution is 2.22. The van der Waals surface area contributed by atoms with E-state index in [1.165, 1.54) is 24.9 Å². The zero-order valence-electron chi connectivity index (χ0n) is 13.0. The van der Waals surface area contributed by atoms with Crippen LogP contribution in [0.3, 0.4) is 0 Å². The van der Waals surface area contributed by atoms with Crippen LogP contribution in [0.5, 0.6) is 0 Å². The van der Waals surface area contributed by atoms with Crippen LogP contribution in [0.4, 0.5) is 17.2 Å². The summed E-state index contributed by atoms with van der Waals surface area (Å²) in [7, 11) is 0. The van der Waals surface area contributed by atoms with Crippen molar-refractivity contribution in [3.8, 4) is 0 Å². The van der Waals surface area contributed by atoms with Crippen LogP contribution in [0.1, 0.15) is 26.2 Å². The van der Waals surface area contributed by atoms with Crippen LogP contribution in [-0.4, -0.2) is 22.6 Å². The first kappa shape index (κ1) is 14.6. The molecule has 0 bridgehead atoms. The normalized spacial score (nSPS) is 14.9. The standard InChI is InChI=1S/C17H22N4O/c1-2-20-13-10-18-16(17(20)22)19-14-6-8-15(9-7-14)21-11-4-3-5-12-21/h6-10,13H,2-5,11-12H2,1H3,(H,18,19). The van der Waals surface area contributed by atoms with Crippen molar-refractivity contribution in [1.29, 1.82) is 0 Å². The second-order valence-electron chi connectivity index (χ2n) is 5.59. The predicted molar refractivity (Wildman–Crippen MR) is 90.0 cm³/mol. The maximum Gasteiger partial charge on any atom is 0.293 e. The number of aryl methyl sites for hydroxylation is 1. The van der Waals surface area contributed by atoms with E-state index in [0.717, 1.165) is 18.8 Å². The van der Waals surface area contributed by atoms with Gasteiger partial charge in [0.25, 0.3) is 5.56 Å². The van der Waals surface area contributed by atoms with E-state index >= 15 is 0 Å². The van der Waals surface area contributed by atoms with Gasteiger partial charge in [-0.3, -0.25) is 4.79 Å². The predicted octanol–water partition coefficient (Wildman–Crippen LogP) is 3.00. The third-order valence-corrected chi connectivity index (χ3v) is 4.11. The first-order valence-corrected chi connectivity index (χ1v) is 7.95. The quantitative estimate of drug-likeness (QED) is 0.942. The van der Waals surface area contributed by atoms with Crippen molar-refractivity contribution in [1.82, 2.24) is 9.55 Å². The van der Waals surface area contributed by atoms with Gasteiger partial charge in [-0.05, 0) is 50.5 Å². The monoisotopic (exact) mass is 298 g/mol. The molecule has 2 heterocycles. The lowest BCUT2D eigenvalue weighted by Crippen LogP contribution is -2.29. The van der Waals surface area contributed by atoms with E-state index in [4.69, 9.17) is 0 Å². The average molecular weight is 298 g/mol. The van der Waals surface area contributed by atoms with E-state index in [9.17, 15) is 4.79 Å². The minimum Gasteiger partial charge on any atom is -0.372 e. The third-order valence-electron chi connectivity index (χ3n) is 4.11. The van der Waals surface area contributed by atoms with Gasteiger partial charge in [-0.2, -0.15) is 0 Å². The van der Waals surface area contributed by atoms with Crippen molar-refractivity contribution in [3.05, 3.63) is 47.0 Å². The molecule has 1 saturated heterocycles. The number of hydrogen-bond donors (Lipinski definition) is 1. The van der Waals surface area contributed by atoms with Gasteiger partial charge in [0.1, 0.15) is 0 Å². The summed E-state index contributed by atoms with van der Waals surface area (Å²) < 4.78 is 1.64. The molecule has 0 spiro atoms. The van der Waals surface area contributed by atoms with E-state index in [2.05, 4.69) is 27.3 Å². The fourth-order valence-corrected chi connectivity index (χ4v) is 2.83. The van der Waals surface area contributed by atoms with Gasteiger partial charge in [-0.1, -0.05) is 0 Å². The zero-order chi connectivity index (χ0) is 15.4. The van der Waals surface area contributed by atoms with Crippen molar-refractivity contribution in [3.63, 3.8) is 0 Å². The number of aromatic nitrogens is 2. The number of nitrogens with zero attached hydrogens (tertiary/aromatic N) is 3. The number of benzene rings is 1. The smallest absolute Gasteiger partial charge is 0.293 e. The number of piperidine rings is 1. The first-order valence-electron chi connectivity index (χ1n) is 7.95. The van der Waals surface area contributed by atoms with Gasteiger partial charge >= 0.3 is 0 Å². The Morgan fingerprint density at radius 2 is 1.86 bits per heavy atom. The minimum absolute atomic E-state index is 0.0925. The summed E-state index contributed by atoms with van der Waals surface area (Å²) in [4.78, 5) is 18.7. The van der Waals surface area contributed by atoms with Crippen LogP contribution in [0.25, 0.3) is 0 Å². The van der Waals surface area contributed by atoms with Crippen molar-refractivity contribution in [2.45, 2.75) is 32.7 Å². The van der Waals surface area contributed by atoms with Gasteiger partial charge in [0.2, 0.25) is 0 Å². The van der Waals surface area contributed by atoms with Crippen LogP contribution in [0.15, 0.2) is 41.5 Å². The number of nitrogens with one attached hydrogen (secondary N) is 1. The molecule has 0 saturated carbocycles. The van der Waals surface area contributed by atoms with E-state index in [1.54, 1.807) is 17.0 Å². The Morgan fingerprint density at radius 3 is 2.55 bits per heavy atom. The van der Waals surface area contributed by atoms with Gasteiger partial charge in [0.05, 0.1) is 0 Å². The molecule has 1 N–H and O–H groups in total. The highest BCUT2D eigenvalue weighted by Gasteiger charge is 2.11. The van der Waals surface area contributed by atoms with E-state index < -0.39 is 0 Å². The van der Waals surface area contributed by atoms with Gasteiger partial charge < -0.3 is 14.8 Å². The lowest BCUT2D eigenvalue weighted by Gasteiger charge is -2.28. The fraction of sp³-hybridized carbons (Fsp3) is 0.412. The first-order chi connectivity index (χ1) is 10.8. The van der Waals surface area contributed by atoms with Crippen LogP contribution >= 0.6 is 0 Å². The summed E-state index contributed by atoms with van der Waals surface area (Å²) in [5.41, 5.74) is 2.04. The third kappa shape index (κ3) is 3.13. The molecule has 0 atom stereocenters. The molecule has 2 aromatic rings. The Balaban J connectivity index is 1.75. The SMILES string of the molecule is CCn1ccnc(Nc2ccc(N3CCCCC3)cc2)c1=O. The van der Waals surface area contributed by atoms with Crippen LogP contribution in [0, 0.1) is 0 Å². The van der Waals surface area contributed by atoms with Crippen LogP contribution in [0.2, 0.25) is 0 Å². The Bertz CT molecular complexity index is 672. The molecular formula is C17H22N4O. The summed E-state index contributed by atoms with van der Waals surface area (Å²) in [6, 6.07) is 8.23. The molecule has 0 unspecified atom stereocenters. The van der Waals surface area contributed by atoms with Gasteiger partial charge in [-0.25, -0.2) is 4.98 Å². The zero-order valence-corrected chi connectivity index (χ0v) is 13.0. The van der Waals surface area contributed by atoms with Crippen LogP contribution < -0.4 is 15.8 Å². The molecule has 0 aliphatic carbocycles. The molecule has 0 radical (unpaired) electrons. The van der Waals surface area contributed by atoms with Crippen molar-refractivity contribution < 1.29 is 0 Å². The molecule has 5 nitrogen and oxygen atoms in total.